The SMILES string of the molecule is COc1cc(C(C)C)cc(C2(C(=O)O)CCCCC2)c1OC. The molecule has 4 nitrogen and oxygen atoms in total. The van der Waals surface area contributed by atoms with Crippen LogP contribution in [-0.2, 0) is 10.2 Å². The first-order chi connectivity index (χ1) is 10.5. The maximum absolute atomic E-state index is 12.1. The summed E-state index contributed by atoms with van der Waals surface area (Å²) in [5.41, 5.74) is 0.992. The molecule has 1 aromatic rings. The van der Waals surface area contributed by atoms with Crippen molar-refractivity contribution >= 4 is 5.97 Å². The summed E-state index contributed by atoms with van der Waals surface area (Å²) in [7, 11) is 3.18. The first-order valence-corrected chi connectivity index (χ1v) is 7.96. The molecule has 122 valence electrons. The van der Waals surface area contributed by atoms with Crippen LogP contribution in [0.15, 0.2) is 12.1 Å². The average Bonchev–Trinajstić information content (AvgIpc) is 2.53. The van der Waals surface area contributed by atoms with Gasteiger partial charge in [-0.2, -0.15) is 0 Å². The van der Waals surface area contributed by atoms with Crippen molar-refractivity contribution in [2.24, 2.45) is 0 Å². The Morgan fingerprint density at radius 2 is 1.77 bits per heavy atom. The molecule has 1 N–H and O–H groups in total. The zero-order chi connectivity index (χ0) is 16.3. The molecule has 0 radical (unpaired) electrons. The van der Waals surface area contributed by atoms with E-state index in [1.165, 1.54) is 0 Å². The van der Waals surface area contributed by atoms with Gasteiger partial charge in [-0.15, -0.1) is 0 Å². The number of carboxylic acids is 1. The van der Waals surface area contributed by atoms with Crippen molar-refractivity contribution in [1.82, 2.24) is 0 Å². The Balaban J connectivity index is 2.69. The van der Waals surface area contributed by atoms with E-state index in [9.17, 15) is 9.90 Å². The Morgan fingerprint density at radius 1 is 1.14 bits per heavy atom. The molecular formula is C18H26O4. The van der Waals surface area contributed by atoms with Crippen LogP contribution in [0.1, 0.15) is 63.0 Å². The molecule has 2 rings (SSSR count). The van der Waals surface area contributed by atoms with Gasteiger partial charge in [0.25, 0.3) is 0 Å². The number of carbonyl (C=O) groups is 1. The third-order valence-electron chi connectivity index (χ3n) is 4.80. The van der Waals surface area contributed by atoms with Gasteiger partial charge in [-0.1, -0.05) is 39.2 Å². The number of ether oxygens (including phenoxy) is 2. The van der Waals surface area contributed by atoms with E-state index in [0.29, 0.717) is 30.3 Å². The molecule has 1 aliphatic carbocycles. The second-order valence-electron chi connectivity index (χ2n) is 6.41. The van der Waals surface area contributed by atoms with Crippen LogP contribution in [0.4, 0.5) is 0 Å². The van der Waals surface area contributed by atoms with Gasteiger partial charge in [0.1, 0.15) is 0 Å². The molecule has 0 saturated heterocycles. The van der Waals surface area contributed by atoms with Crippen LogP contribution in [0.2, 0.25) is 0 Å². The van der Waals surface area contributed by atoms with Crippen LogP contribution in [0.3, 0.4) is 0 Å². The monoisotopic (exact) mass is 306 g/mol. The van der Waals surface area contributed by atoms with Crippen LogP contribution in [0.25, 0.3) is 0 Å². The van der Waals surface area contributed by atoms with Gasteiger partial charge in [-0.25, -0.2) is 0 Å². The van der Waals surface area contributed by atoms with E-state index in [2.05, 4.69) is 13.8 Å². The van der Waals surface area contributed by atoms with E-state index < -0.39 is 11.4 Å². The van der Waals surface area contributed by atoms with Crippen molar-refractivity contribution in [3.8, 4) is 11.5 Å². The van der Waals surface area contributed by atoms with Crippen LogP contribution < -0.4 is 9.47 Å². The molecular weight excluding hydrogens is 280 g/mol. The number of benzene rings is 1. The highest BCUT2D eigenvalue weighted by molar-refractivity contribution is 5.83. The van der Waals surface area contributed by atoms with Crippen LogP contribution in [0.5, 0.6) is 11.5 Å². The molecule has 0 bridgehead atoms. The van der Waals surface area contributed by atoms with Gasteiger partial charge in [0.05, 0.1) is 19.6 Å². The largest absolute Gasteiger partial charge is 0.493 e. The Morgan fingerprint density at radius 3 is 2.23 bits per heavy atom. The topological polar surface area (TPSA) is 55.8 Å². The minimum atomic E-state index is -0.859. The highest BCUT2D eigenvalue weighted by Gasteiger charge is 2.44. The molecule has 1 fully saturated rings. The van der Waals surface area contributed by atoms with Crippen LogP contribution in [-0.4, -0.2) is 25.3 Å². The zero-order valence-corrected chi connectivity index (χ0v) is 13.9. The summed E-state index contributed by atoms with van der Waals surface area (Å²) in [6, 6.07) is 3.96. The first kappa shape index (κ1) is 16.7. The fraction of sp³-hybridized carbons (Fsp3) is 0.611. The highest BCUT2D eigenvalue weighted by Crippen LogP contribution is 2.47. The van der Waals surface area contributed by atoms with Gasteiger partial charge >= 0.3 is 5.97 Å². The molecule has 4 heteroatoms. The van der Waals surface area contributed by atoms with Crippen molar-refractivity contribution in [3.63, 3.8) is 0 Å². The number of methoxy groups -OCH3 is 2. The van der Waals surface area contributed by atoms with E-state index in [1.54, 1.807) is 14.2 Å². The lowest BCUT2D eigenvalue weighted by atomic mass is 9.68. The quantitative estimate of drug-likeness (QED) is 0.889. The van der Waals surface area contributed by atoms with Gasteiger partial charge < -0.3 is 14.6 Å². The number of aliphatic carboxylic acids is 1. The summed E-state index contributed by atoms with van der Waals surface area (Å²) in [5.74, 6) is 0.729. The minimum Gasteiger partial charge on any atom is -0.493 e. The van der Waals surface area contributed by atoms with Gasteiger partial charge in [0.15, 0.2) is 11.5 Å². The maximum Gasteiger partial charge on any atom is 0.314 e. The van der Waals surface area contributed by atoms with Gasteiger partial charge in [-0.05, 0) is 30.4 Å². The molecule has 0 heterocycles. The minimum absolute atomic E-state index is 0.299. The Bertz CT molecular complexity index is 542. The summed E-state index contributed by atoms with van der Waals surface area (Å²) in [5, 5.41) is 9.96. The van der Waals surface area contributed by atoms with E-state index in [0.717, 1.165) is 30.4 Å². The Labute approximate surface area is 132 Å². The van der Waals surface area contributed by atoms with Gasteiger partial charge in [-0.3, -0.25) is 4.79 Å². The van der Waals surface area contributed by atoms with Crippen molar-refractivity contribution in [2.45, 2.75) is 57.3 Å². The highest BCUT2D eigenvalue weighted by atomic mass is 16.5. The van der Waals surface area contributed by atoms with Crippen molar-refractivity contribution < 1.29 is 19.4 Å². The second-order valence-corrected chi connectivity index (χ2v) is 6.41. The normalized spacial score (nSPS) is 17.3. The summed E-state index contributed by atoms with van der Waals surface area (Å²) in [6.45, 7) is 4.19. The fourth-order valence-corrected chi connectivity index (χ4v) is 3.43. The maximum atomic E-state index is 12.1. The molecule has 0 unspecified atom stereocenters. The summed E-state index contributed by atoms with van der Waals surface area (Å²) in [6.07, 6.45) is 4.28. The van der Waals surface area contributed by atoms with E-state index in [1.807, 2.05) is 12.1 Å². The van der Waals surface area contributed by atoms with Crippen LogP contribution in [0, 0.1) is 0 Å². The molecule has 0 aromatic heterocycles. The molecule has 22 heavy (non-hydrogen) atoms. The number of rotatable bonds is 5. The third kappa shape index (κ3) is 2.79. The predicted octanol–water partition coefficient (Wildman–Crippen LogP) is 4.11. The number of hydrogen-bond acceptors (Lipinski definition) is 3. The lowest BCUT2D eigenvalue weighted by Gasteiger charge is -2.35. The Kier molecular flexibility index (Phi) is 4.99. The van der Waals surface area contributed by atoms with Gasteiger partial charge in [0, 0.05) is 5.56 Å². The molecule has 1 aromatic carbocycles. The molecule has 0 amide bonds. The van der Waals surface area contributed by atoms with Gasteiger partial charge in [0.2, 0.25) is 0 Å². The van der Waals surface area contributed by atoms with Crippen molar-refractivity contribution in [2.75, 3.05) is 14.2 Å². The van der Waals surface area contributed by atoms with E-state index in [-0.39, 0.29) is 0 Å². The second kappa shape index (κ2) is 6.59. The van der Waals surface area contributed by atoms with E-state index >= 15 is 0 Å². The average molecular weight is 306 g/mol. The summed E-state index contributed by atoms with van der Waals surface area (Å²) < 4.78 is 11.0. The zero-order valence-electron chi connectivity index (χ0n) is 13.9. The van der Waals surface area contributed by atoms with Crippen molar-refractivity contribution in [3.05, 3.63) is 23.3 Å². The third-order valence-corrected chi connectivity index (χ3v) is 4.80. The molecule has 1 saturated carbocycles. The number of carboxylic acid groups (broad SMARTS) is 1. The number of hydrogen-bond donors (Lipinski definition) is 1. The van der Waals surface area contributed by atoms with Crippen LogP contribution >= 0.6 is 0 Å². The molecule has 0 spiro atoms. The standard InChI is InChI=1S/C18H26O4/c1-12(2)13-10-14(16(22-4)15(11-13)21-3)18(17(19)20)8-6-5-7-9-18/h10-12H,5-9H2,1-4H3,(H,19,20). The smallest absolute Gasteiger partial charge is 0.314 e. The van der Waals surface area contributed by atoms with Crippen molar-refractivity contribution in [1.29, 1.82) is 0 Å². The molecule has 1 aliphatic rings. The predicted molar refractivity (Wildman–Crippen MR) is 86.0 cm³/mol. The van der Waals surface area contributed by atoms with E-state index in [4.69, 9.17) is 9.47 Å². The summed E-state index contributed by atoms with van der Waals surface area (Å²) >= 11 is 0. The lowest BCUT2D eigenvalue weighted by molar-refractivity contribution is -0.145. The molecule has 0 aliphatic heterocycles. The fourth-order valence-electron chi connectivity index (χ4n) is 3.43. The Hall–Kier alpha value is -1.71. The summed E-state index contributed by atoms with van der Waals surface area (Å²) in [4.78, 5) is 12.1. The lowest BCUT2D eigenvalue weighted by Crippen LogP contribution is -2.38. The molecule has 0 atom stereocenters. The first-order valence-electron chi connectivity index (χ1n) is 7.96.